The molecule has 1 N–H and O–H groups in total. The molecule has 0 aliphatic carbocycles. The molecule has 0 fully saturated rings. The largest absolute Gasteiger partial charge is 0.463 e. The lowest BCUT2D eigenvalue weighted by atomic mass is 9.80. The van der Waals surface area contributed by atoms with Crippen molar-refractivity contribution in [1.82, 2.24) is 0 Å². The lowest BCUT2D eigenvalue weighted by molar-refractivity contribution is -0.157. The first-order valence-corrected chi connectivity index (χ1v) is 7.93. The van der Waals surface area contributed by atoms with Gasteiger partial charge in [-0.3, -0.25) is 0 Å². The summed E-state index contributed by atoms with van der Waals surface area (Å²) in [5, 5.41) is 10.5. The van der Waals surface area contributed by atoms with E-state index in [0.717, 1.165) is 11.1 Å². The predicted octanol–water partition coefficient (Wildman–Crippen LogP) is 3.03. The number of aliphatic hydroxyl groups excluding tert-OH is 1. The minimum Gasteiger partial charge on any atom is -0.463 e. The summed E-state index contributed by atoms with van der Waals surface area (Å²) < 4.78 is 10.2. The van der Waals surface area contributed by atoms with Gasteiger partial charge in [0.15, 0.2) is 0 Å². The quantitative estimate of drug-likeness (QED) is 0.878. The van der Waals surface area contributed by atoms with Gasteiger partial charge < -0.3 is 14.6 Å². The molecule has 0 spiro atoms. The Morgan fingerprint density at radius 2 is 1.71 bits per heavy atom. The van der Waals surface area contributed by atoms with E-state index in [-0.39, 0.29) is 17.6 Å². The third kappa shape index (κ3) is 3.49. The Hall–Kier alpha value is -2.59. The second-order valence-electron chi connectivity index (χ2n) is 5.82. The highest BCUT2D eigenvalue weighted by molar-refractivity contribution is 5.86. The molecule has 0 amide bonds. The molecule has 1 heterocycles. The van der Waals surface area contributed by atoms with Gasteiger partial charge in [0.25, 0.3) is 0 Å². The number of esters is 1. The summed E-state index contributed by atoms with van der Waals surface area (Å²) in [4.78, 5) is 11.8. The Morgan fingerprint density at radius 1 is 1.08 bits per heavy atom. The molecule has 24 heavy (non-hydrogen) atoms. The molecule has 0 saturated carbocycles. The number of allylic oxidation sites excluding steroid dienone is 1. The van der Waals surface area contributed by atoms with Gasteiger partial charge in [0.2, 0.25) is 12.0 Å². The van der Waals surface area contributed by atoms with Crippen LogP contribution in [0.2, 0.25) is 0 Å². The van der Waals surface area contributed by atoms with Crippen molar-refractivity contribution < 1.29 is 19.4 Å². The fourth-order valence-electron chi connectivity index (χ4n) is 3.07. The fraction of sp³-hybridized carbons (Fsp3) is 0.250. The van der Waals surface area contributed by atoms with Crippen LogP contribution in [0.5, 0.6) is 0 Å². The number of carbonyl (C=O) groups is 1. The highest BCUT2D eigenvalue weighted by atomic mass is 16.6. The molecule has 0 radical (unpaired) electrons. The molecule has 3 rings (SSSR count). The number of ether oxygens (including phenoxy) is 2. The summed E-state index contributed by atoms with van der Waals surface area (Å²) in [5.41, 5.74) is 2.14. The maximum Gasteiger partial charge on any atom is 0.373 e. The van der Waals surface area contributed by atoms with E-state index in [1.54, 1.807) is 6.08 Å². The third-order valence-corrected chi connectivity index (χ3v) is 4.29. The van der Waals surface area contributed by atoms with Gasteiger partial charge in [0.1, 0.15) is 0 Å². The maximum atomic E-state index is 11.8. The van der Waals surface area contributed by atoms with Gasteiger partial charge in [-0.05, 0) is 23.6 Å². The van der Waals surface area contributed by atoms with Gasteiger partial charge in [0, 0.05) is 11.8 Å². The van der Waals surface area contributed by atoms with Gasteiger partial charge >= 0.3 is 5.97 Å². The molecule has 2 aromatic rings. The van der Waals surface area contributed by atoms with Crippen molar-refractivity contribution in [3.63, 3.8) is 0 Å². The fourth-order valence-corrected chi connectivity index (χ4v) is 3.07. The number of carbonyl (C=O) groups excluding carboxylic acids is 1. The molecule has 0 saturated heterocycles. The monoisotopic (exact) mass is 324 g/mol. The van der Waals surface area contributed by atoms with E-state index >= 15 is 0 Å². The number of rotatable bonds is 4. The summed E-state index contributed by atoms with van der Waals surface area (Å²) in [6, 6.07) is 19.8. The first-order valence-electron chi connectivity index (χ1n) is 7.93. The Morgan fingerprint density at radius 3 is 2.33 bits per heavy atom. The molecule has 4 heteroatoms. The van der Waals surface area contributed by atoms with Crippen LogP contribution in [0.15, 0.2) is 72.5 Å². The summed E-state index contributed by atoms with van der Waals surface area (Å²) in [6.07, 6.45) is 1.32. The molecular formula is C20H20O4. The summed E-state index contributed by atoms with van der Waals surface area (Å²) in [7, 11) is 1.30. The molecule has 1 aliphatic rings. The zero-order chi connectivity index (χ0) is 16.9. The van der Waals surface area contributed by atoms with E-state index < -0.39 is 12.3 Å². The zero-order valence-corrected chi connectivity index (χ0v) is 13.5. The van der Waals surface area contributed by atoms with E-state index in [4.69, 9.17) is 9.47 Å². The first kappa shape index (κ1) is 16.3. The molecule has 1 aliphatic heterocycles. The standard InChI is InChI=1S/C20H20O4/c1-23-20(22)18-13-16(15-10-6-3-7-11-15)17(19(21)24-18)12-14-8-4-2-5-9-14/h2-11,13,16-17,19,21H,12H2,1H3/t16-,17-,19?/m1/s1. The number of aliphatic hydroxyl groups is 1. The van der Waals surface area contributed by atoms with E-state index in [0.29, 0.717) is 6.42 Å². The normalized spacial score (nSPS) is 23.1. The van der Waals surface area contributed by atoms with Gasteiger partial charge in [-0.25, -0.2) is 4.79 Å². The molecule has 0 aromatic heterocycles. The van der Waals surface area contributed by atoms with E-state index in [1.807, 2.05) is 60.7 Å². The number of methoxy groups -OCH3 is 1. The van der Waals surface area contributed by atoms with Crippen molar-refractivity contribution in [2.24, 2.45) is 5.92 Å². The topological polar surface area (TPSA) is 55.8 Å². The van der Waals surface area contributed by atoms with Crippen LogP contribution < -0.4 is 0 Å². The van der Waals surface area contributed by atoms with Crippen LogP contribution in [0.1, 0.15) is 17.0 Å². The number of hydrogen-bond donors (Lipinski definition) is 1. The van der Waals surface area contributed by atoms with E-state index in [9.17, 15) is 9.90 Å². The highest BCUT2D eigenvalue weighted by Gasteiger charge is 2.36. The summed E-state index contributed by atoms with van der Waals surface area (Å²) in [6.45, 7) is 0. The third-order valence-electron chi connectivity index (χ3n) is 4.29. The van der Waals surface area contributed by atoms with Crippen LogP contribution in [0.3, 0.4) is 0 Å². The van der Waals surface area contributed by atoms with E-state index in [2.05, 4.69) is 0 Å². The molecule has 124 valence electrons. The molecule has 4 nitrogen and oxygen atoms in total. The smallest absolute Gasteiger partial charge is 0.373 e. The van der Waals surface area contributed by atoms with Gasteiger partial charge in [0.05, 0.1) is 7.11 Å². The van der Waals surface area contributed by atoms with Crippen LogP contribution >= 0.6 is 0 Å². The predicted molar refractivity (Wildman–Crippen MR) is 90.0 cm³/mol. The molecule has 0 bridgehead atoms. The number of benzene rings is 2. The average molecular weight is 324 g/mol. The average Bonchev–Trinajstić information content (AvgIpc) is 2.64. The molecule has 3 atom stereocenters. The van der Waals surface area contributed by atoms with Gasteiger partial charge in [-0.2, -0.15) is 0 Å². The van der Waals surface area contributed by atoms with Gasteiger partial charge in [-0.1, -0.05) is 60.7 Å². The summed E-state index contributed by atoms with van der Waals surface area (Å²) >= 11 is 0. The van der Waals surface area contributed by atoms with Crippen LogP contribution in [-0.4, -0.2) is 24.5 Å². The second-order valence-corrected chi connectivity index (χ2v) is 5.82. The Balaban J connectivity index is 1.96. The second kappa shape index (κ2) is 7.32. The lowest BCUT2D eigenvalue weighted by Gasteiger charge is -2.34. The maximum absolute atomic E-state index is 11.8. The van der Waals surface area contributed by atoms with Gasteiger partial charge in [-0.15, -0.1) is 0 Å². The Kier molecular flexibility index (Phi) is 4.96. The summed E-state index contributed by atoms with van der Waals surface area (Å²) in [5.74, 6) is -0.844. The molecule has 2 aromatic carbocycles. The molecular weight excluding hydrogens is 304 g/mol. The van der Waals surface area contributed by atoms with Crippen molar-refractivity contribution in [2.45, 2.75) is 18.6 Å². The van der Waals surface area contributed by atoms with Crippen LogP contribution in [0.25, 0.3) is 0 Å². The van der Waals surface area contributed by atoms with Crippen LogP contribution in [0.4, 0.5) is 0 Å². The zero-order valence-electron chi connectivity index (χ0n) is 13.5. The van der Waals surface area contributed by atoms with Crippen LogP contribution in [0, 0.1) is 5.92 Å². The van der Waals surface area contributed by atoms with Crippen LogP contribution in [-0.2, 0) is 20.7 Å². The van der Waals surface area contributed by atoms with Crippen molar-refractivity contribution in [3.05, 3.63) is 83.6 Å². The van der Waals surface area contributed by atoms with Crippen molar-refractivity contribution >= 4 is 5.97 Å². The molecule has 1 unspecified atom stereocenters. The van der Waals surface area contributed by atoms with E-state index in [1.165, 1.54) is 7.11 Å². The Bertz CT molecular complexity index is 709. The SMILES string of the molecule is COC(=O)C1=C[C@H](c2ccccc2)[C@@H](Cc2ccccc2)C(O)O1. The number of hydrogen-bond acceptors (Lipinski definition) is 4. The minimum absolute atomic E-state index is 0.0585. The lowest BCUT2D eigenvalue weighted by Crippen LogP contribution is -2.35. The Labute approximate surface area is 141 Å². The first-order chi connectivity index (χ1) is 11.7. The minimum atomic E-state index is -1.07. The van der Waals surface area contributed by atoms with Crippen molar-refractivity contribution in [3.8, 4) is 0 Å². The van der Waals surface area contributed by atoms with Crippen molar-refractivity contribution in [2.75, 3.05) is 7.11 Å². The van der Waals surface area contributed by atoms with Crippen molar-refractivity contribution in [1.29, 1.82) is 0 Å². The highest BCUT2D eigenvalue weighted by Crippen LogP contribution is 2.37.